The standard InChI is InChI=1S/C14H11F2NO2/c15-14(16)19-12-6-3-4-10(8-12)13(18)9-11-5-1-2-7-17-11/h1-8,14H,9H2. The smallest absolute Gasteiger partial charge is 0.387 e. The highest BCUT2D eigenvalue weighted by Gasteiger charge is 2.10. The molecule has 1 aromatic heterocycles. The molecule has 0 N–H and O–H groups in total. The molecular weight excluding hydrogens is 252 g/mol. The number of nitrogens with zero attached hydrogens (tertiary/aromatic N) is 1. The van der Waals surface area contributed by atoms with Crippen LogP contribution in [0.3, 0.4) is 0 Å². The number of Topliss-reactive ketones (excluding diaryl/α,β-unsaturated/α-hetero) is 1. The van der Waals surface area contributed by atoms with Crippen molar-refractivity contribution in [3.63, 3.8) is 0 Å². The minimum Gasteiger partial charge on any atom is -0.435 e. The van der Waals surface area contributed by atoms with Gasteiger partial charge in [0.1, 0.15) is 5.75 Å². The van der Waals surface area contributed by atoms with E-state index in [0.29, 0.717) is 11.3 Å². The molecule has 98 valence electrons. The number of pyridine rings is 1. The Kier molecular flexibility index (Phi) is 4.18. The highest BCUT2D eigenvalue weighted by atomic mass is 19.3. The van der Waals surface area contributed by atoms with E-state index >= 15 is 0 Å². The largest absolute Gasteiger partial charge is 0.435 e. The highest BCUT2D eigenvalue weighted by Crippen LogP contribution is 2.17. The maximum absolute atomic E-state index is 12.1. The lowest BCUT2D eigenvalue weighted by Gasteiger charge is -2.06. The molecule has 0 spiro atoms. The van der Waals surface area contributed by atoms with E-state index in [-0.39, 0.29) is 18.0 Å². The first kappa shape index (κ1) is 13.1. The number of alkyl halides is 2. The summed E-state index contributed by atoms with van der Waals surface area (Å²) in [7, 11) is 0. The van der Waals surface area contributed by atoms with E-state index < -0.39 is 6.61 Å². The lowest BCUT2D eigenvalue weighted by atomic mass is 10.1. The first-order chi connectivity index (χ1) is 9.15. The predicted octanol–water partition coefficient (Wildman–Crippen LogP) is 3.11. The number of aromatic nitrogens is 1. The number of ether oxygens (including phenoxy) is 1. The maximum atomic E-state index is 12.1. The van der Waals surface area contributed by atoms with Crippen LogP contribution in [0, 0.1) is 0 Å². The van der Waals surface area contributed by atoms with E-state index in [1.54, 1.807) is 30.5 Å². The van der Waals surface area contributed by atoms with Gasteiger partial charge in [-0.2, -0.15) is 8.78 Å². The second-order valence-electron chi connectivity index (χ2n) is 3.83. The third kappa shape index (κ3) is 3.84. The summed E-state index contributed by atoms with van der Waals surface area (Å²) in [4.78, 5) is 16.0. The molecule has 0 saturated carbocycles. The summed E-state index contributed by atoms with van der Waals surface area (Å²) in [5, 5.41) is 0. The van der Waals surface area contributed by atoms with Crippen molar-refractivity contribution in [3.8, 4) is 5.75 Å². The van der Waals surface area contributed by atoms with E-state index in [0.717, 1.165) is 0 Å². The fraction of sp³-hybridized carbons (Fsp3) is 0.143. The molecule has 0 aliphatic heterocycles. The second-order valence-corrected chi connectivity index (χ2v) is 3.83. The van der Waals surface area contributed by atoms with Crippen LogP contribution in [0.1, 0.15) is 16.1 Å². The molecule has 0 saturated heterocycles. The van der Waals surface area contributed by atoms with Crippen LogP contribution in [0.5, 0.6) is 5.75 Å². The topological polar surface area (TPSA) is 39.2 Å². The number of halogens is 2. The van der Waals surface area contributed by atoms with Crippen LogP contribution in [0.25, 0.3) is 0 Å². The van der Waals surface area contributed by atoms with Crippen molar-refractivity contribution < 1.29 is 18.3 Å². The molecule has 0 atom stereocenters. The Morgan fingerprint density at radius 1 is 1.21 bits per heavy atom. The van der Waals surface area contributed by atoms with Gasteiger partial charge in [0.2, 0.25) is 0 Å². The molecule has 5 heteroatoms. The molecule has 3 nitrogen and oxygen atoms in total. The van der Waals surface area contributed by atoms with E-state index in [9.17, 15) is 13.6 Å². The summed E-state index contributed by atoms with van der Waals surface area (Å²) in [5.41, 5.74) is 0.955. The first-order valence-electron chi connectivity index (χ1n) is 5.63. The van der Waals surface area contributed by atoms with Gasteiger partial charge in [-0.25, -0.2) is 0 Å². The zero-order chi connectivity index (χ0) is 13.7. The van der Waals surface area contributed by atoms with Gasteiger partial charge in [-0.1, -0.05) is 18.2 Å². The Labute approximate surface area is 108 Å². The van der Waals surface area contributed by atoms with Crippen LogP contribution in [-0.4, -0.2) is 17.4 Å². The molecule has 0 radical (unpaired) electrons. The minimum absolute atomic E-state index is 0.0260. The summed E-state index contributed by atoms with van der Waals surface area (Å²) in [6.45, 7) is -2.90. The molecule has 1 aromatic carbocycles. The fourth-order valence-electron chi connectivity index (χ4n) is 1.61. The second kappa shape index (κ2) is 6.04. The summed E-state index contributed by atoms with van der Waals surface area (Å²) in [6, 6.07) is 11.0. The Balaban J connectivity index is 2.11. The Hall–Kier alpha value is -2.30. The van der Waals surface area contributed by atoms with Crippen molar-refractivity contribution in [3.05, 3.63) is 59.9 Å². The molecule has 0 unspecified atom stereocenters. The zero-order valence-corrected chi connectivity index (χ0v) is 9.92. The van der Waals surface area contributed by atoms with Crippen LogP contribution < -0.4 is 4.74 Å². The van der Waals surface area contributed by atoms with E-state index in [1.165, 1.54) is 18.2 Å². The molecule has 0 bridgehead atoms. The molecule has 19 heavy (non-hydrogen) atoms. The number of hydrogen-bond acceptors (Lipinski definition) is 3. The van der Waals surface area contributed by atoms with Gasteiger partial charge >= 0.3 is 6.61 Å². The summed E-state index contributed by atoms with van der Waals surface area (Å²) in [6.07, 6.45) is 1.72. The van der Waals surface area contributed by atoms with Crippen molar-refractivity contribution >= 4 is 5.78 Å². The Morgan fingerprint density at radius 2 is 2.05 bits per heavy atom. The van der Waals surface area contributed by atoms with Gasteiger partial charge in [0.15, 0.2) is 5.78 Å². The molecule has 0 fully saturated rings. The average Bonchev–Trinajstić information content (AvgIpc) is 2.39. The number of carbonyl (C=O) groups is 1. The monoisotopic (exact) mass is 263 g/mol. The van der Waals surface area contributed by atoms with Gasteiger partial charge in [0.25, 0.3) is 0 Å². The van der Waals surface area contributed by atoms with Crippen LogP contribution in [0.2, 0.25) is 0 Å². The van der Waals surface area contributed by atoms with Gasteiger partial charge in [0.05, 0.1) is 6.42 Å². The van der Waals surface area contributed by atoms with E-state index in [1.807, 2.05) is 0 Å². The first-order valence-corrected chi connectivity index (χ1v) is 5.63. The molecule has 1 heterocycles. The molecule has 0 amide bonds. The third-order valence-electron chi connectivity index (χ3n) is 2.45. The highest BCUT2D eigenvalue weighted by molar-refractivity contribution is 5.97. The quantitative estimate of drug-likeness (QED) is 0.778. The van der Waals surface area contributed by atoms with Crippen LogP contribution in [0.15, 0.2) is 48.7 Å². The lowest BCUT2D eigenvalue weighted by molar-refractivity contribution is -0.0498. The number of carbonyl (C=O) groups excluding carboxylic acids is 1. The number of hydrogen-bond donors (Lipinski definition) is 0. The Morgan fingerprint density at radius 3 is 2.74 bits per heavy atom. The minimum atomic E-state index is -2.90. The predicted molar refractivity (Wildman–Crippen MR) is 65.3 cm³/mol. The zero-order valence-electron chi connectivity index (χ0n) is 9.92. The maximum Gasteiger partial charge on any atom is 0.387 e. The van der Waals surface area contributed by atoms with Crippen LogP contribution in [0.4, 0.5) is 8.78 Å². The van der Waals surface area contributed by atoms with E-state index in [2.05, 4.69) is 9.72 Å². The van der Waals surface area contributed by atoms with Gasteiger partial charge < -0.3 is 4.74 Å². The van der Waals surface area contributed by atoms with Crippen LogP contribution in [-0.2, 0) is 6.42 Å². The number of ketones is 1. The van der Waals surface area contributed by atoms with Crippen molar-refractivity contribution in [2.75, 3.05) is 0 Å². The molecule has 0 aliphatic rings. The van der Waals surface area contributed by atoms with Crippen molar-refractivity contribution in [1.82, 2.24) is 4.98 Å². The summed E-state index contributed by atoms with van der Waals surface area (Å²) in [5.74, 6) is -0.222. The van der Waals surface area contributed by atoms with Crippen LogP contribution >= 0.6 is 0 Å². The van der Waals surface area contributed by atoms with Gasteiger partial charge in [-0.3, -0.25) is 9.78 Å². The fourth-order valence-corrected chi connectivity index (χ4v) is 1.61. The van der Waals surface area contributed by atoms with Gasteiger partial charge in [0, 0.05) is 17.5 Å². The lowest BCUT2D eigenvalue weighted by Crippen LogP contribution is -2.06. The molecular formula is C14H11F2NO2. The summed E-state index contributed by atoms with van der Waals surface area (Å²) < 4.78 is 28.4. The van der Waals surface area contributed by atoms with Crippen molar-refractivity contribution in [2.24, 2.45) is 0 Å². The molecule has 2 rings (SSSR count). The SMILES string of the molecule is O=C(Cc1ccccn1)c1cccc(OC(F)F)c1. The molecule has 2 aromatic rings. The number of benzene rings is 1. The van der Waals surface area contributed by atoms with Gasteiger partial charge in [-0.05, 0) is 24.3 Å². The number of rotatable bonds is 5. The van der Waals surface area contributed by atoms with Crippen molar-refractivity contribution in [2.45, 2.75) is 13.0 Å². The molecule has 0 aliphatic carbocycles. The summed E-state index contributed by atoms with van der Waals surface area (Å²) >= 11 is 0. The Bertz CT molecular complexity index is 558. The normalized spacial score (nSPS) is 10.5. The third-order valence-corrected chi connectivity index (χ3v) is 2.45. The van der Waals surface area contributed by atoms with Gasteiger partial charge in [-0.15, -0.1) is 0 Å². The van der Waals surface area contributed by atoms with Crippen molar-refractivity contribution in [1.29, 1.82) is 0 Å². The average molecular weight is 263 g/mol. The van der Waals surface area contributed by atoms with E-state index in [4.69, 9.17) is 0 Å².